The minimum Gasteiger partial charge on any atom is -0.463 e. The summed E-state index contributed by atoms with van der Waals surface area (Å²) in [4.78, 5) is 28.7. The predicted octanol–water partition coefficient (Wildman–Crippen LogP) is 2.85. The molecule has 0 aromatic carbocycles. The molecule has 0 saturated carbocycles. The number of hydrogen-bond acceptors (Lipinski definition) is 4. The molecule has 0 aromatic heterocycles. The Kier molecular flexibility index (Phi) is 11.8. The molecule has 0 aromatic rings. The second-order valence-corrected chi connectivity index (χ2v) is 7.93. The number of carbonyl (C=O) groups excluding carboxylic acids is 1. The van der Waals surface area contributed by atoms with Gasteiger partial charge in [-0.05, 0) is 12.3 Å². The van der Waals surface area contributed by atoms with Crippen molar-refractivity contribution < 1.29 is 29.0 Å². The maximum absolute atomic E-state index is 11.4. The summed E-state index contributed by atoms with van der Waals surface area (Å²) in [6.07, 6.45) is 6.06. The van der Waals surface area contributed by atoms with Crippen LogP contribution >= 0.6 is 7.60 Å². The third-order valence-corrected chi connectivity index (χ3v) is 4.19. The largest absolute Gasteiger partial charge is 0.463 e. The van der Waals surface area contributed by atoms with Gasteiger partial charge in [0.15, 0.2) is 0 Å². The topological polar surface area (TPSA) is 104 Å². The molecule has 7 heteroatoms. The van der Waals surface area contributed by atoms with Gasteiger partial charge in [0, 0.05) is 6.42 Å². The standard InChI is InChI=1S/C15H31O6P/c1-13(2)9-7-5-3-4-6-8-10-15(17)21-11-14(16)12-22(18,19)20/h13-14,16H,3-12H2,1-2H3,(H2,18,19,20). The number of aliphatic hydroxyl groups excluding tert-OH is 1. The molecule has 0 aliphatic rings. The van der Waals surface area contributed by atoms with E-state index in [1.165, 1.54) is 25.7 Å². The second-order valence-electron chi connectivity index (χ2n) is 6.24. The molecule has 1 atom stereocenters. The highest BCUT2D eigenvalue weighted by atomic mass is 31.2. The number of hydrogen-bond donors (Lipinski definition) is 3. The third kappa shape index (κ3) is 16.0. The van der Waals surface area contributed by atoms with Crippen LogP contribution in [0.1, 0.15) is 65.2 Å². The number of unbranched alkanes of at least 4 members (excludes halogenated alkanes) is 5. The van der Waals surface area contributed by atoms with Gasteiger partial charge in [-0.2, -0.15) is 0 Å². The van der Waals surface area contributed by atoms with Gasteiger partial charge in [0.2, 0.25) is 0 Å². The van der Waals surface area contributed by atoms with Crippen LogP contribution in [-0.4, -0.2) is 39.7 Å². The summed E-state index contributed by atoms with van der Waals surface area (Å²) < 4.78 is 15.4. The van der Waals surface area contributed by atoms with E-state index in [1.807, 2.05) is 0 Å². The van der Waals surface area contributed by atoms with E-state index < -0.39 is 25.8 Å². The maximum atomic E-state index is 11.4. The molecule has 0 aliphatic heterocycles. The van der Waals surface area contributed by atoms with Crippen LogP contribution in [0.2, 0.25) is 0 Å². The van der Waals surface area contributed by atoms with Crippen molar-refractivity contribution in [3.05, 3.63) is 0 Å². The minimum atomic E-state index is -4.27. The average molecular weight is 338 g/mol. The first-order valence-electron chi connectivity index (χ1n) is 8.09. The summed E-state index contributed by atoms with van der Waals surface area (Å²) in [5, 5.41) is 9.30. The lowest BCUT2D eigenvalue weighted by Gasteiger charge is -2.12. The van der Waals surface area contributed by atoms with E-state index in [4.69, 9.17) is 14.5 Å². The SMILES string of the molecule is CC(C)CCCCCCCCC(=O)OCC(O)CP(=O)(O)O. The van der Waals surface area contributed by atoms with E-state index in [9.17, 15) is 14.5 Å². The van der Waals surface area contributed by atoms with Crippen molar-refractivity contribution in [1.29, 1.82) is 0 Å². The fourth-order valence-electron chi connectivity index (χ4n) is 2.12. The van der Waals surface area contributed by atoms with Gasteiger partial charge in [-0.25, -0.2) is 0 Å². The molecular weight excluding hydrogens is 307 g/mol. The van der Waals surface area contributed by atoms with Crippen molar-refractivity contribution >= 4 is 13.6 Å². The summed E-state index contributed by atoms with van der Waals surface area (Å²) in [5.74, 6) is 0.334. The van der Waals surface area contributed by atoms with Crippen molar-refractivity contribution in [1.82, 2.24) is 0 Å². The van der Waals surface area contributed by atoms with Crippen LogP contribution in [0, 0.1) is 5.92 Å². The zero-order valence-electron chi connectivity index (χ0n) is 13.7. The smallest absolute Gasteiger partial charge is 0.328 e. The lowest BCUT2D eigenvalue weighted by molar-refractivity contribution is -0.146. The monoisotopic (exact) mass is 338 g/mol. The predicted molar refractivity (Wildman–Crippen MR) is 85.7 cm³/mol. The second kappa shape index (κ2) is 12.1. The first-order chi connectivity index (χ1) is 10.2. The lowest BCUT2D eigenvalue weighted by atomic mass is 10.0. The number of carbonyl (C=O) groups is 1. The van der Waals surface area contributed by atoms with Gasteiger partial charge in [0.05, 0.1) is 12.3 Å². The molecule has 0 aliphatic carbocycles. The van der Waals surface area contributed by atoms with Crippen molar-refractivity contribution in [2.75, 3.05) is 12.8 Å². The van der Waals surface area contributed by atoms with Crippen LogP contribution in [0.3, 0.4) is 0 Å². The summed E-state index contributed by atoms with van der Waals surface area (Å²) in [6, 6.07) is 0. The maximum Gasteiger partial charge on any atom is 0.328 e. The summed E-state index contributed by atoms with van der Waals surface area (Å²) in [5.41, 5.74) is 0. The molecule has 22 heavy (non-hydrogen) atoms. The summed E-state index contributed by atoms with van der Waals surface area (Å²) in [6.45, 7) is 4.09. The third-order valence-electron chi connectivity index (χ3n) is 3.30. The lowest BCUT2D eigenvalue weighted by Crippen LogP contribution is -2.22. The Labute approximate surface area is 133 Å². The zero-order valence-corrected chi connectivity index (χ0v) is 14.6. The number of ether oxygens (including phenoxy) is 1. The van der Waals surface area contributed by atoms with E-state index in [2.05, 4.69) is 13.8 Å². The van der Waals surface area contributed by atoms with Gasteiger partial charge in [0.25, 0.3) is 0 Å². The van der Waals surface area contributed by atoms with E-state index in [0.717, 1.165) is 25.2 Å². The molecule has 0 saturated heterocycles. The summed E-state index contributed by atoms with van der Waals surface area (Å²) >= 11 is 0. The van der Waals surface area contributed by atoms with Gasteiger partial charge in [-0.3, -0.25) is 9.36 Å². The molecule has 0 fully saturated rings. The Morgan fingerprint density at radius 2 is 1.59 bits per heavy atom. The number of rotatable bonds is 13. The van der Waals surface area contributed by atoms with Gasteiger partial charge in [-0.1, -0.05) is 52.4 Å². The first-order valence-corrected chi connectivity index (χ1v) is 9.88. The molecule has 0 spiro atoms. The Morgan fingerprint density at radius 3 is 2.14 bits per heavy atom. The molecule has 0 radical (unpaired) electrons. The highest BCUT2D eigenvalue weighted by molar-refractivity contribution is 7.51. The van der Waals surface area contributed by atoms with Crippen LogP contribution in [-0.2, 0) is 14.1 Å². The van der Waals surface area contributed by atoms with Crippen molar-refractivity contribution in [3.8, 4) is 0 Å². The highest BCUT2D eigenvalue weighted by Crippen LogP contribution is 2.34. The number of esters is 1. The molecule has 132 valence electrons. The molecule has 0 heterocycles. The van der Waals surface area contributed by atoms with E-state index in [-0.39, 0.29) is 13.0 Å². The number of aliphatic hydroxyl groups is 1. The van der Waals surface area contributed by atoms with Gasteiger partial charge in [0.1, 0.15) is 6.61 Å². The highest BCUT2D eigenvalue weighted by Gasteiger charge is 2.20. The zero-order chi connectivity index (χ0) is 17.0. The first kappa shape index (κ1) is 21.6. The normalized spacial score (nSPS) is 13.4. The Bertz CT molecular complexity index is 339. The van der Waals surface area contributed by atoms with Gasteiger partial charge < -0.3 is 19.6 Å². The molecule has 0 bridgehead atoms. The van der Waals surface area contributed by atoms with Crippen molar-refractivity contribution in [2.24, 2.45) is 5.92 Å². The van der Waals surface area contributed by atoms with Gasteiger partial charge in [-0.15, -0.1) is 0 Å². The van der Waals surface area contributed by atoms with Crippen LogP contribution < -0.4 is 0 Å². The van der Waals surface area contributed by atoms with E-state index in [0.29, 0.717) is 0 Å². The van der Waals surface area contributed by atoms with Crippen LogP contribution in [0.15, 0.2) is 0 Å². The van der Waals surface area contributed by atoms with Crippen LogP contribution in [0.5, 0.6) is 0 Å². The van der Waals surface area contributed by atoms with E-state index in [1.54, 1.807) is 0 Å². The Balaban J connectivity index is 3.45. The molecular formula is C15H31O6P. The van der Waals surface area contributed by atoms with Crippen molar-refractivity contribution in [3.63, 3.8) is 0 Å². The molecule has 3 N–H and O–H groups in total. The fourth-order valence-corrected chi connectivity index (χ4v) is 2.77. The minimum absolute atomic E-state index is 0.286. The van der Waals surface area contributed by atoms with Crippen LogP contribution in [0.4, 0.5) is 0 Å². The molecule has 0 amide bonds. The average Bonchev–Trinajstić information content (AvgIpc) is 2.37. The van der Waals surface area contributed by atoms with E-state index >= 15 is 0 Å². The molecule has 1 unspecified atom stereocenters. The Morgan fingerprint density at radius 1 is 1.05 bits per heavy atom. The Hall–Kier alpha value is -0.420. The van der Waals surface area contributed by atoms with Crippen molar-refractivity contribution in [2.45, 2.75) is 71.3 Å². The molecule has 0 rings (SSSR count). The molecule has 6 nitrogen and oxygen atoms in total. The van der Waals surface area contributed by atoms with Gasteiger partial charge >= 0.3 is 13.6 Å². The summed E-state index contributed by atoms with van der Waals surface area (Å²) in [7, 11) is -4.27. The fraction of sp³-hybridized carbons (Fsp3) is 0.933. The quantitative estimate of drug-likeness (QED) is 0.271. The van der Waals surface area contributed by atoms with Crippen LogP contribution in [0.25, 0.3) is 0 Å².